The number of benzene rings is 2. The predicted octanol–water partition coefficient (Wildman–Crippen LogP) is 4.42. The lowest BCUT2D eigenvalue weighted by Gasteiger charge is -2.36. The van der Waals surface area contributed by atoms with Crippen molar-refractivity contribution >= 4 is 11.6 Å². The van der Waals surface area contributed by atoms with Crippen molar-refractivity contribution < 1.29 is 14.3 Å². The number of ether oxygens (including phenoxy) is 2. The van der Waals surface area contributed by atoms with Crippen LogP contribution >= 0.6 is 0 Å². The van der Waals surface area contributed by atoms with Crippen molar-refractivity contribution in [3.63, 3.8) is 0 Å². The average molecular weight is 378 g/mol. The van der Waals surface area contributed by atoms with Gasteiger partial charge in [-0.3, -0.25) is 4.79 Å². The first kappa shape index (κ1) is 19.9. The van der Waals surface area contributed by atoms with Crippen LogP contribution in [-0.2, 0) is 14.9 Å². The van der Waals surface area contributed by atoms with Crippen LogP contribution in [0.3, 0.4) is 0 Å². The van der Waals surface area contributed by atoms with Gasteiger partial charge in [0.2, 0.25) is 5.91 Å². The lowest BCUT2D eigenvalue weighted by molar-refractivity contribution is -0.125. The molecule has 28 heavy (non-hydrogen) atoms. The van der Waals surface area contributed by atoms with Gasteiger partial charge in [-0.2, -0.15) is 5.26 Å². The van der Waals surface area contributed by atoms with Crippen molar-refractivity contribution in [3.05, 3.63) is 59.7 Å². The average Bonchev–Trinajstić information content (AvgIpc) is 2.75. The molecule has 3 rings (SSSR count). The highest BCUT2D eigenvalue weighted by Crippen LogP contribution is 2.36. The van der Waals surface area contributed by atoms with Crippen molar-refractivity contribution in [1.82, 2.24) is 0 Å². The van der Waals surface area contributed by atoms with Gasteiger partial charge in [0.15, 0.2) is 0 Å². The smallest absolute Gasteiger partial charge is 0.235 e. The Morgan fingerprint density at radius 2 is 1.96 bits per heavy atom. The van der Waals surface area contributed by atoms with Gasteiger partial charge in [0.05, 0.1) is 22.8 Å². The maximum absolute atomic E-state index is 13.4. The summed E-state index contributed by atoms with van der Waals surface area (Å²) in [6.45, 7) is 5.10. The largest absolute Gasteiger partial charge is 0.491 e. The Morgan fingerprint density at radius 3 is 2.61 bits per heavy atom. The van der Waals surface area contributed by atoms with Crippen LogP contribution in [0, 0.1) is 11.3 Å². The number of carbonyl (C=O) groups excluding carboxylic acids is 1. The molecule has 0 bridgehead atoms. The monoisotopic (exact) mass is 378 g/mol. The zero-order valence-electron chi connectivity index (χ0n) is 16.4. The summed E-state index contributed by atoms with van der Waals surface area (Å²) >= 11 is 0. The second-order valence-corrected chi connectivity index (χ2v) is 7.17. The molecule has 0 saturated carbocycles. The molecule has 1 saturated heterocycles. The van der Waals surface area contributed by atoms with Crippen molar-refractivity contribution in [3.8, 4) is 11.8 Å². The molecule has 146 valence electrons. The van der Waals surface area contributed by atoms with Gasteiger partial charge in [0.25, 0.3) is 0 Å². The molecule has 0 aromatic heterocycles. The number of hydrogen-bond acceptors (Lipinski definition) is 4. The van der Waals surface area contributed by atoms with E-state index in [1.807, 2.05) is 44.2 Å². The first-order valence-corrected chi connectivity index (χ1v) is 9.74. The van der Waals surface area contributed by atoms with Crippen molar-refractivity contribution in [2.24, 2.45) is 0 Å². The topological polar surface area (TPSA) is 71.3 Å². The number of amides is 1. The lowest BCUT2D eigenvalue weighted by atomic mass is 9.73. The highest BCUT2D eigenvalue weighted by molar-refractivity contribution is 6.00. The zero-order valence-corrected chi connectivity index (χ0v) is 16.4. The van der Waals surface area contributed by atoms with Crippen LogP contribution < -0.4 is 10.1 Å². The number of anilines is 1. The molecule has 0 radical (unpaired) electrons. The van der Waals surface area contributed by atoms with Crippen LogP contribution in [0.25, 0.3) is 0 Å². The molecule has 5 heteroatoms. The SMILES string of the molecule is CC[C@H](C)Oc1ccc(NC(=O)C2(c3ccccc3)CCOCC2)c(C#N)c1. The third-order valence-electron chi connectivity index (χ3n) is 5.38. The highest BCUT2D eigenvalue weighted by atomic mass is 16.5. The van der Waals surface area contributed by atoms with Gasteiger partial charge in [-0.15, -0.1) is 0 Å². The fraction of sp³-hybridized carbons (Fsp3) is 0.391. The predicted molar refractivity (Wildman–Crippen MR) is 108 cm³/mol. The van der Waals surface area contributed by atoms with E-state index in [0.717, 1.165) is 12.0 Å². The quantitative estimate of drug-likeness (QED) is 0.807. The van der Waals surface area contributed by atoms with E-state index in [1.54, 1.807) is 18.2 Å². The Morgan fingerprint density at radius 1 is 1.25 bits per heavy atom. The minimum atomic E-state index is -0.655. The van der Waals surface area contributed by atoms with E-state index in [9.17, 15) is 10.1 Å². The molecule has 1 atom stereocenters. The van der Waals surface area contributed by atoms with Crippen LogP contribution in [0.5, 0.6) is 5.75 Å². The van der Waals surface area contributed by atoms with Crippen LogP contribution in [0.1, 0.15) is 44.2 Å². The number of rotatable bonds is 6. The number of carbonyl (C=O) groups is 1. The summed E-state index contributed by atoms with van der Waals surface area (Å²) in [5, 5.41) is 12.6. The Bertz CT molecular complexity index is 852. The van der Waals surface area contributed by atoms with Gasteiger partial charge in [-0.1, -0.05) is 37.3 Å². The molecule has 0 aliphatic carbocycles. The van der Waals surface area contributed by atoms with E-state index >= 15 is 0 Å². The summed E-state index contributed by atoms with van der Waals surface area (Å²) in [5.41, 5.74) is 1.22. The van der Waals surface area contributed by atoms with Gasteiger partial charge < -0.3 is 14.8 Å². The summed E-state index contributed by atoms with van der Waals surface area (Å²) in [7, 11) is 0. The third kappa shape index (κ3) is 4.18. The van der Waals surface area contributed by atoms with Gasteiger partial charge in [-0.05, 0) is 43.9 Å². The first-order chi connectivity index (χ1) is 13.6. The summed E-state index contributed by atoms with van der Waals surface area (Å²) in [6.07, 6.45) is 2.16. The highest BCUT2D eigenvalue weighted by Gasteiger charge is 2.41. The Hall–Kier alpha value is -2.84. The second kappa shape index (κ2) is 8.90. The minimum Gasteiger partial charge on any atom is -0.491 e. The van der Waals surface area contributed by atoms with Crippen LogP contribution in [0.4, 0.5) is 5.69 Å². The molecular weight excluding hydrogens is 352 g/mol. The van der Waals surface area contributed by atoms with E-state index in [4.69, 9.17) is 9.47 Å². The molecule has 1 N–H and O–H groups in total. The molecular formula is C23H26N2O3. The number of hydrogen-bond donors (Lipinski definition) is 1. The molecule has 1 aliphatic rings. The van der Waals surface area contributed by atoms with Gasteiger partial charge in [-0.25, -0.2) is 0 Å². The maximum Gasteiger partial charge on any atom is 0.235 e. The Kier molecular flexibility index (Phi) is 6.33. The van der Waals surface area contributed by atoms with E-state index in [0.29, 0.717) is 43.1 Å². The molecule has 1 heterocycles. The van der Waals surface area contributed by atoms with Crippen molar-refractivity contribution in [2.75, 3.05) is 18.5 Å². The fourth-order valence-electron chi connectivity index (χ4n) is 3.48. The third-order valence-corrected chi connectivity index (χ3v) is 5.38. The fourth-order valence-corrected chi connectivity index (χ4v) is 3.48. The molecule has 2 aromatic carbocycles. The van der Waals surface area contributed by atoms with Gasteiger partial charge in [0, 0.05) is 19.3 Å². The van der Waals surface area contributed by atoms with Crippen molar-refractivity contribution in [1.29, 1.82) is 5.26 Å². The van der Waals surface area contributed by atoms with E-state index in [2.05, 4.69) is 11.4 Å². The molecule has 2 aromatic rings. The first-order valence-electron chi connectivity index (χ1n) is 9.74. The number of nitrogens with one attached hydrogen (secondary N) is 1. The second-order valence-electron chi connectivity index (χ2n) is 7.17. The maximum atomic E-state index is 13.4. The number of nitriles is 1. The molecule has 0 unspecified atom stereocenters. The Balaban J connectivity index is 1.87. The molecule has 0 spiro atoms. The zero-order chi connectivity index (χ0) is 20.0. The summed E-state index contributed by atoms with van der Waals surface area (Å²) in [4.78, 5) is 13.4. The van der Waals surface area contributed by atoms with Crippen LogP contribution in [0.2, 0.25) is 0 Å². The molecule has 1 amide bonds. The van der Waals surface area contributed by atoms with E-state index in [-0.39, 0.29) is 12.0 Å². The lowest BCUT2D eigenvalue weighted by Crippen LogP contribution is -2.44. The normalized spacial score (nSPS) is 16.6. The van der Waals surface area contributed by atoms with Crippen LogP contribution in [0.15, 0.2) is 48.5 Å². The summed E-state index contributed by atoms with van der Waals surface area (Å²) in [5.74, 6) is 0.529. The van der Waals surface area contributed by atoms with E-state index in [1.165, 1.54) is 0 Å². The van der Waals surface area contributed by atoms with Gasteiger partial charge in [0.1, 0.15) is 11.8 Å². The Labute approximate surface area is 166 Å². The van der Waals surface area contributed by atoms with E-state index < -0.39 is 5.41 Å². The van der Waals surface area contributed by atoms with Crippen LogP contribution in [-0.4, -0.2) is 25.2 Å². The molecule has 1 aliphatic heterocycles. The summed E-state index contributed by atoms with van der Waals surface area (Å²) < 4.78 is 11.3. The number of nitrogens with zero attached hydrogens (tertiary/aromatic N) is 1. The van der Waals surface area contributed by atoms with Gasteiger partial charge >= 0.3 is 0 Å². The summed E-state index contributed by atoms with van der Waals surface area (Å²) in [6, 6.07) is 17.2. The molecule has 5 nitrogen and oxygen atoms in total. The molecule has 1 fully saturated rings. The minimum absolute atomic E-state index is 0.0653. The van der Waals surface area contributed by atoms with Crippen molar-refractivity contribution in [2.45, 2.75) is 44.6 Å². The standard InChI is InChI=1S/C23H26N2O3/c1-3-17(2)28-20-9-10-21(18(15-20)16-24)25-22(26)23(11-13-27-14-12-23)19-7-5-4-6-8-19/h4-10,15,17H,3,11-14H2,1-2H3,(H,25,26)/t17-/m0/s1.